The number of pyridine rings is 1. The topological polar surface area (TPSA) is 128 Å². The van der Waals surface area contributed by atoms with Gasteiger partial charge in [-0.15, -0.1) is 23.1 Å². The first-order valence-corrected chi connectivity index (χ1v) is 13.5. The number of nitrogens with zero attached hydrogens (tertiary/aromatic N) is 4. The molecule has 0 saturated carbocycles. The van der Waals surface area contributed by atoms with E-state index < -0.39 is 0 Å². The summed E-state index contributed by atoms with van der Waals surface area (Å²) < 4.78 is 0. The molecule has 4 rings (SSSR count). The summed E-state index contributed by atoms with van der Waals surface area (Å²) >= 11 is 2.63. The number of benzene rings is 2. The second-order valence-corrected chi connectivity index (χ2v) is 10.2. The maximum absolute atomic E-state index is 12.6. The molecule has 2 aromatic heterocycles. The van der Waals surface area contributed by atoms with Crippen molar-refractivity contribution in [2.24, 2.45) is 0 Å². The fraction of sp³-hybridized carbons (Fsp3) is 0.179. The van der Waals surface area contributed by atoms with Gasteiger partial charge in [0, 0.05) is 28.7 Å². The van der Waals surface area contributed by atoms with E-state index >= 15 is 0 Å². The molecule has 0 atom stereocenters. The van der Waals surface area contributed by atoms with Crippen LogP contribution in [0, 0.1) is 29.6 Å². The zero-order chi connectivity index (χ0) is 26.4. The summed E-state index contributed by atoms with van der Waals surface area (Å²) in [6.45, 7) is 4.09. The SMILES string of the molecule is CCc1ccc(-c2c(C#N)c(N)nc(SCCC(=O)Nc3nc(-c4ccc(C)cc4)cs3)c2C#N)cc1. The van der Waals surface area contributed by atoms with Crippen molar-refractivity contribution in [1.29, 1.82) is 10.5 Å². The Morgan fingerprint density at radius 1 is 1.03 bits per heavy atom. The van der Waals surface area contributed by atoms with Crippen molar-refractivity contribution in [3.63, 3.8) is 0 Å². The zero-order valence-electron chi connectivity index (χ0n) is 20.4. The van der Waals surface area contributed by atoms with Gasteiger partial charge in [0.2, 0.25) is 5.91 Å². The monoisotopic (exact) mass is 524 g/mol. The second kappa shape index (κ2) is 11.7. The van der Waals surface area contributed by atoms with Gasteiger partial charge >= 0.3 is 0 Å². The highest BCUT2D eigenvalue weighted by Gasteiger charge is 2.21. The van der Waals surface area contributed by atoms with Crippen molar-refractivity contribution in [1.82, 2.24) is 9.97 Å². The molecule has 184 valence electrons. The minimum atomic E-state index is -0.187. The molecule has 1 amide bonds. The number of nitriles is 2. The number of carbonyl (C=O) groups excluding carboxylic acids is 1. The first-order chi connectivity index (χ1) is 17.9. The number of thiazole rings is 1. The number of thioether (sulfide) groups is 1. The minimum absolute atomic E-state index is 0.0643. The molecular weight excluding hydrogens is 500 g/mol. The molecule has 0 unspecified atom stereocenters. The fourth-order valence-electron chi connectivity index (χ4n) is 3.71. The lowest BCUT2D eigenvalue weighted by molar-refractivity contribution is -0.115. The smallest absolute Gasteiger partial charge is 0.226 e. The van der Waals surface area contributed by atoms with Crippen LogP contribution in [0.1, 0.15) is 35.6 Å². The number of aryl methyl sites for hydroxylation is 2. The summed E-state index contributed by atoms with van der Waals surface area (Å²) in [6, 6.07) is 20.0. The Morgan fingerprint density at radius 2 is 1.70 bits per heavy atom. The maximum Gasteiger partial charge on any atom is 0.226 e. The highest BCUT2D eigenvalue weighted by atomic mass is 32.2. The van der Waals surface area contributed by atoms with Gasteiger partial charge in [-0.05, 0) is 24.5 Å². The van der Waals surface area contributed by atoms with E-state index in [-0.39, 0.29) is 29.3 Å². The van der Waals surface area contributed by atoms with Crippen LogP contribution in [0.15, 0.2) is 58.9 Å². The van der Waals surface area contributed by atoms with E-state index in [1.54, 1.807) is 0 Å². The Labute approximate surface area is 224 Å². The third kappa shape index (κ3) is 5.97. The molecule has 37 heavy (non-hydrogen) atoms. The number of carbonyl (C=O) groups is 1. The normalized spacial score (nSPS) is 10.5. The molecule has 0 aliphatic carbocycles. The predicted molar refractivity (Wildman–Crippen MR) is 149 cm³/mol. The van der Waals surface area contributed by atoms with Crippen molar-refractivity contribution in [2.75, 3.05) is 16.8 Å². The van der Waals surface area contributed by atoms with Gasteiger partial charge in [-0.3, -0.25) is 4.79 Å². The zero-order valence-corrected chi connectivity index (χ0v) is 22.0. The minimum Gasteiger partial charge on any atom is -0.383 e. The quantitative estimate of drug-likeness (QED) is 0.263. The standard InChI is InChI=1S/C28H24N6OS2/c1-3-18-6-10-20(11-7-18)25-21(14-29)26(31)34-27(22(25)15-30)36-13-12-24(35)33-28-32-23(16-37-28)19-8-4-17(2)5-9-19/h4-11,16H,3,12-13H2,1-2H3,(H2,31,34)(H,32,33,35). The molecule has 4 aromatic rings. The van der Waals surface area contributed by atoms with E-state index in [0.717, 1.165) is 28.8 Å². The Bertz CT molecular complexity index is 1510. The van der Waals surface area contributed by atoms with Gasteiger partial charge in [-0.1, -0.05) is 61.0 Å². The number of aromatic nitrogens is 2. The first-order valence-electron chi connectivity index (χ1n) is 11.6. The summed E-state index contributed by atoms with van der Waals surface area (Å²) in [5.41, 5.74) is 11.9. The number of anilines is 2. The highest BCUT2D eigenvalue weighted by molar-refractivity contribution is 7.99. The van der Waals surface area contributed by atoms with Gasteiger partial charge in [0.15, 0.2) is 5.13 Å². The van der Waals surface area contributed by atoms with Crippen LogP contribution in [-0.2, 0) is 11.2 Å². The van der Waals surface area contributed by atoms with Crippen LogP contribution in [0.25, 0.3) is 22.4 Å². The van der Waals surface area contributed by atoms with Crippen LogP contribution in [0.2, 0.25) is 0 Å². The van der Waals surface area contributed by atoms with Crippen molar-refractivity contribution in [3.8, 4) is 34.5 Å². The molecule has 0 spiro atoms. The molecule has 0 saturated heterocycles. The number of nitrogens with one attached hydrogen (secondary N) is 1. The summed E-state index contributed by atoms with van der Waals surface area (Å²) in [5, 5.41) is 25.3. The molecule has 0 aliphatic rings. The lowest BCUT2D eigenvalue weighted by atomic mass is 9.96. The second-order valence-electron chi connectivity index (χ2n) is 8.25. The number of hydrogen-bond donors (Lipinski definition) is 2. The fourth-order valence-corrected chi connectivity index (χ4v) is 5.38. The van der Waals surface area contributed by atoms with Crippen molar-refractivity contribution < 1.29 is 4.79 Å². The van der Waals surface area contributed by atoms with Gasteiger partial charge in [-0.2, -0.15) is 10.5 Å². The Morgan fingerprint density at radius 3 is 2.35 bits per heavy atom. The number of nitrogen functional groups attached to an aromatic ring is 1. The average molecular weight is 525 g/mol. The number of rotatable bonds is 8. The third-order valence-electron chi connectivity index (χ3n) is 5.73. The molecule has 0 bridgehead atoms. The molecular formula is C28H24N6OS2. The number of nitrogens with two attached hydrogens (primary N) is 1. The van der Waals surface area contributed by atoms with E-state index in [0.29, 0.717) is 21.5 Å². The van der Waals surface area contributed by atoms with Crippen molar-refractivity contribution in [3.05, 3.63) is 76.2 Å². The van der Waals surface area contributed by atoms with E-state index in [4.69, 9.17) is 5.73 Å². The van der Waals surface area contributed by atoms with Crippen molar-refractivity contribution in [2.45, 2.75) is 31.7 Å². The predicted octanol–water partition coefficient (Wildman–Crippen LogP) is 6.19. The maximum atomic E-state index is 12.6. The lowest BCUT2D eigenvalue weighted by Crippen LogP contribution is -2.12. The summed E-state index contributed by atoms with van der Waals surface area (Å²) in [6.07, 6.45) is 1.07. The highest BCUT2D eigenvalue weighted by Crippen LogP contribution is 2.36. The van der Waals surface area contributed by atoms with Crippen LogP contribution in [0.4, 0.5) is 10.9 Å². The van der Waals surface area contributed by atoms with Crippen LogP contribution in [0.3, 0.4) is 0 Å². The van der Waals surface area contributed by atoms with Gasteiger partial charge in [-0.25, -0.2) is 9.97 Å². The summed E-state index contributed by atoms with van der Waals surface area (Å²) in [7, 11) is 0. The van der Waals surface area contributed by atoms with Crippen LogP contribution >= 0.6 is 23.1 Å². The lowest BCUT2D eigenvalue weighted by Gasteiger charge is -2.13. The van der Waals surface area contributed by atoms with Gasteiger partial charge in [0.05, 0.1) is 11.3 Å². The van der Waals surface area contributed by atoms with Gasteiger partial charge < -0.3 is 11.1 Å². The van der Waals surface area contributed by atoms with E-state index in [1.165, 1.54) is 28.7 Å². The average Bonchev–Trinajstić information content (AvgIpc) is 3.37. The van der Waals surface area contributed by atoms with E-state index in [9.17, 15) is 15.3 Å². The molecule has 0 fully saturated rings. The molecule has 2 heterocycles. The van der Waals surface area contributed by atoms with Gasteiger partial charge in [0.1, 0.15) is 28.5 Å². The number of amides is 1. The number of hydrogen-bond acceptors (Lipinski definition) is 8. The van der Waals surface area contributed by atoms with E-state index in [1.807, 2.05) is 60.8 Å². The summed E-state index contributed by atoms with van der Waals surface area (Å²) in [4.78, 5) is 21.4. The van der Waals surface area contributed by atoms with E-state index in [2.05, 4.69) is 34.3 Å². The molecule has 0 radical (unpaired) electrons. The largest absolute Gasteiger partial charge is 0.383 e. The first kappa shape index (κ1) is 25.9. The molecule has 2 aromatic carbocycles. The van der Waals surface area contributed by atoms with Crippen LogP contribution < -0.4 is 11.1 Å². The molecule has 3 N–H and O–H groups in total. The Kier molecular flexibility index (Phi) is 8.19. The third-order valence-corrected chi connectivity index (χ3v) is 7.47. The molecule has 7 nitrogen and oxygen atoms in total. The van der Waals surface area contributed by atoms with Crippen LogP contribution in [-0.4, -0.2) is 21.6 Å². The molecule has 0 aliphatic heterocycles. The summed E-state index contributed by atoms with van der Waals surface area (Å²) in [5.74, 6) is 0.255. The van der Waals surface area contributed by atoms with Crippen molar-refractivity contribution >= 4 is 40.0 Å². The Balaban J connectivity index is 1.46. The van der Waals surface area contributed by atoms with Gasteiger partial charge in [0.25, 0.3) is 0 Å². The van der Waals surface area contributed by atoms with Crippen LogP contribution in [0.5, 0.6) is 0 Å². The molecule has 9 heteroatoms. The Hall–Kier alpha value is -4.18.